The predicted octanol–water partition coefficient (Wildman–Crippen LogP) is 1.12. The minimum absolute atomic E-state index is 0.101. The molecule has 0 aliphatic carbocycles. The Morgan fingerprint density at radius 2 is 2.38 bits per heavy atom. The fourth-order valence-electron chi connectivity index (χ4n) is 3.22. The number of nitrogens with one attached hydrogen (secondary N) is 1. The molecule has 1 aliphatic heterocycles. The van der Waals surface area contributed by atoms with Crippen molar-refractivity contribution >= 4 is 23.1 Å². The number of hydrogen-bond acceptors (Lipinski definition) is 8. The van der Waals surface area contributed by atoms with Crippen LogP contribution in [-0.2, 0) is 9.47 Å². The van der Waals surface area contributed by atoms with Crippen LogP contribution in [0.4, 0.5) is 15.0 Å². The Morgan fingerprint density at radius 3 is 3.07 bits per heavy atom. The van der Waals surface area contributed by atoms with Gasteiger partial charge in [0.1, 0.15) is 6.23 Å². The number of ether oxygens (including phenoxy) is 2. The summed E-state index contributed by atoms with van der Waals surface area (Å²) in [6.07, 6.45) is 6.45. The molecule has 2 aromatic heterocycles. The van der Waals surface area contributed by atoms with Crippen LogP contribution in [-0.4, -0.2) is 55.6 Å². The Labute approximate surface area is 166 Å². The van der Waals surface area contributed by atoms with Gasteiger partial charge < -0.3 is 25.6 Å². The monoisotopic (exact) mass is 406 g/mol. The highest BCUT2D eigenvalue weighted by molar-refractivity contribution is 5.81. The number of halogens is 1. The van der Waals surface area contributed by atoms with Gasteiger partial charge in [-0.15, -0.1) is 6.42 Å². The Hall–Kier alpha value is -2.97. The molecular formula is C18H23FN6O4. The number of carbonyl (C=O) groups is 1. The molecule has 0 unspecified atom stereocenters. The molecule has 3 rings (SSSR count). The molecule has 0 bridgehead atoms. The summed E-state index contributed by atoms with van der Waals surface area (Å²) in [5, 5.41) is 12.5. The van der Waals surface area contributed by atoms with Crippen molar-refractivity contribution in [3.8, 4) is 12.3 Å². The average molecular weight is 406 g/mol. The minimum Gasteiger partial charge on any atom is -0.442 e. The third-order valence-electron chi connectivity index (χ3n) is 4.79. The molecule has 156 valence electrons. The first-order valence-electron chi connectivity index (χ1n) is 9.30. The number of hydrogen-bond donors (Lipinski definition) is 3. The molecule has 4 N–H and O–H groups in total. The lowest BCUT2D eigenvalue weighted by Crippen LogP contribution is -2.45. The first-order chi connectivity index (χ1) is 13.9. The van der Waals surface area contributed by atoms with Gasteiger partial charge in [0, 0.05) is 13.0 Å². The van der Waals surface area contributed by atoms with E-state index in [1.165, 1.54) is 10.9 Å². The van der Waals surface area contributed by atoms with Gasteiger partial charge in [0.05, 0.1) is 12.9 Å². The summed E-state index contributed by atoms with van der Waals surface area (Å²) in [6, 6.07) is 0. The van der Waals surface area contributed by atoms with E-state index in [-0.39, 0.29) is 23.4 Å². The summed E-state index contributed by atoms with van der Waals surface area (Å²) in [7, 11) is 0. The molecular weight excluding hydrogens is 383 g/mol. The van der Waals surface area contributed by atoms with Crippen molar-refractivity contribution < 1.29 is 23.8 Å². The van der Waals surface area contributed by atoms with Gasteiger partial charge in [-0.05, 0) is 6.42 Å². The van der Waals surface area contributed by atoms with Crippen LogP contribution >= 0.6 is 0 Å². The summed E-state index contributed by atoms with van der Waals surface area (Å²) in [5.41, 5.74) is 4.42. The molecule has 1 fully saturated rings. The number of nitrogen functional groups attached to an aromatic ring is 1. The number of imidazole rings is 1. The maximum Gasteiger partial charge on any atom is 0.407 e. The smallest absolute Gasteiger partial charge is 0.407 e. The number of nitrogens with two attached hydrogens (primary N) is 1. The van der Waals surface area contributed by atoms with Gasteiger partial charge in [0.2, 0.25) is 0 Å². The van der Waals surface area contributed by atoms with Gasteiger partial charge in [-0.2, -0.15) is 14.4 Å². The molecule has 1 saturated heterocycles. The SMILES string of the molecule is C#C[C@]1(CO)O[C@@H](n2cnc3c(N)nc(F)nc32)C[C@@H]1OC(=O)NCCCCC. The number of fused-ring (bicyclic) bond motifs is 1. The van der Waals surface area contributed by atoms with Crippen LogP contribution in [0.5, 0.6) is 0 Å². The maximum absolute atomic E-state index is 13.6. The molecule has 0 radical (unpaired) electrons. The Balaban J connectivity index is 1.80. The standard InChI is InChI=1S/C18H23FN6O4/c1-3-5-6-7-21-17(27)28-11-8-12(29-18(11,4-2)9-26)25-10-22-13-14(20)23-16(19)24-15(13)25/h2,10-12,26H,3,5-9H2,1H3,(H,21,27)(H2,20,23,24)/t11-,12+,18+/m0/s1. The van der Waals surface area contributed by atoms with E-state index in [2.05, 4.69) is 33.1 Å². The van der Waals surface area contributed by atoms with E-state index < -0.39 is 36.7 Å². The highest BCUT2D eigenvalue weighted by Gasteiger charge is 2.51. The number of carbonyl (C=O) groups excluding carboxylic acids is 1. The number of rotatable bonds is 7. The van der Waals surface area contributed by atoms with Crippen LogP contribution < -0.4 is 11.1 Å². The summed E-state index contributed by atoms with van der Waals surface area (Å²) in [5.74, 6) is 2.26. The third-order valence-corrected chi connectivity index (χ3v) is 4.79. The van der Waals surface area contributed by atoms with Gasteiger partial charge in [-0.3, -0.25) is 4.57 Å². The van der Waals surface area contributed by atoms with E-state index >= 15 is 0 Å². The normalized spacial score (nSPS) is 23.8. The molecule has 1 amide bonds. The lowest BCUT2D eigenvalue weighted by molar-refractivity contribution is -0.0908. The summed E-state index contributed by atoms with van der Waals surface area (Å²) < 4.78 is 26.3. The van der Waals surface area contributed by atoms with Crippen LogP contribution in [0.2, 0.25) is 0 Å². The lowest BCUT2D eigenvalue weighted by Gasteiger charge is -2.26. The minimum atomic E-state index is -1.56. The highest BCUT2D eigenvalue weighted by Crippen LogP contribution is 2.39. The molecule has 0 saturated carbocycles. The Morgan fingerprint density at radius 1 is 1.59 bits per heavy atom. The van der Waals surface area contributed by atoms with E-state index in [1.807, 2.05) is 0 Å². The first kappa shape index (κ1) is 20.8. The highest BCUT2D eigenvalue weighted by atomic mass is 19.1. The second-order valence-electron chi connectivity index (χ2n) is 6.73. The number of anilines is 1. The van der Waals surface area contributed by atoms with Crippen molar-refractivity contribution in [3.05, 3.63) is 12.4 Å². The van der Waals surface area contributed by atoms with Crippen LogP contribution in [0.15, 0.2) is 6.33 Å². The topological polar surface area (TPSA) is 137 Å². The third kappa shape index (κ3) is 4.08. The molecule has 3 heterocycles. The first-order valence-corrected chi connectivity index (χ1v) is 9.30. The molecule has 10 nitrogen and oxygen atoms in total. The zero-order valence-electron chi connectivity index (χ0n) is 16.0. The van der Waals surface area contributed by atoms with Crippen molar-refractivity contribution in [1.82, 2.24) is 24.8 Å². The molecule has 2 aromatic rings. The predicted molar refractivity (Wildman–Crippen MR) is 101 cm³/mol. The van der Waals surface area contributed by atoms with Gasteiger partial charge in [-0.25, -0.2) is 9.78 Å². The number of aliphatic hydroxyl groups excluding tert-OH is 1. The zero-order valence-corrected chi connectivity index (χ0v) is 16.0. The van der Waals surface area contributed by atoms with Crippen molar-refractivity contribution in [1.29, 1.82) is 0 Å². The van der Waals surface area contributed by atoms with Gasteiger partial charge in [0.15, 0.2) is 28.7 Å². The van der Waals surface area contributed by atoms with Crippen LogP contribution in [0, 0.1) is 18.4 Å². The number of nitrogens with zero attached hydrogens (tertiary/aromatic N) is 4. The fourth-order valence-corrected chi connectivity index (χ4v) is 3.22. The van der Waals surface area contributed by atoms with Crippen molar-refractivity contribution in [2.75, 3.05) is 18.9 Å². The molecule has 1 aliphatic rings. The van der Waals surface area contributed by atoms with Gasteiger partial charge in [-0.1, -0.05) is 25.7 Å². The van der Waals surface area contributed by atoms with Gasteiger partial charge >= 0.3 is 12.2 Å². The van der Waals surface area contributed by atoms with E-state index in [0.717, 1.165) is 19.3 Å². The molecule has 3 atom stereocenters. The van der Waals surface area contributed by atoms with Crippen molar-refractivity contribution in [3.63, 3.8) is 0 Å². The summed E-state index contributed by atoms with van der Waals surface area (Å²) in [4.78, 5) is 23.4. The van der Waals surface area contributed by atoms with Crippen LogP contribution in [0.1, 0.15) is 38.8 Å². The fraction of sp³-hybridized carbons (Fsp3) is 0.556. The number of amides is 1. The maximum atomic E-state index is 13.6. The second kappa shape index (κ2) is 8.59. The molecule has 0 aromatic carbocycles. The number of terminal acetylenes is 1. The molecule has 29 heavy (non-hydrogen) atoms. The molecule has 11 heteroatoms. The number of aromatic nitrogens is 4. The largest absolute Gasteiger partial charge is 0.442 e. The van der Waals surface area contributed by atoms with E-state index in [9.17, 15) is 14.3 Å². The Kier molecular flexibility index (Phi) is 6.14. The number of aliphatic hydroxyl groups is 1. The zero-order chi connectivity index (χ0) is 21.0. The quantitative estimate of drug-likeness (QED) is 0.353. The second-order valence-corrected chi connectivity index (χ2v) is 6.73. The Bertz CT molecular complexity index is 929. The van der Waals surface area contributed by atoms with Crippen molar-refractivity contribution in [2.45, 2.75) is 50.5 Å². The van der Waals surface area contributed by atoms with E-state index in [1.54, 1.807) is 0 Å². The number of unbranched alkanes of at least 4 members (excludes halogenated alkanes) is 2. The number of alkyl carbamates (subject to hydrolysis) is 1. The summed E-state index contributed by atoms with van der Waals surface area (Å²) >= 11 is 0. The van der Waals surface area contributed by atoms with Gasteiger partial charge in [0.25, 0.3) is 0 Å². The summed E-state index contributed by atoms with van der Waals surface area (Å²) in [6.45, 7) is 1.94. The van der Waals surface area contributed by atoms with Crippen LogP contribution in [0.3, 0.4) is 0 Å². The van der Waals surface area contributed by atoms with Crippen LogP contribution in [0.25, 0.3) is 11.2 Å². The van der Waals surface area contributed by atoms with Crippen molar-refractivity contribution in [2.24, 2.45) is 0 Å². The lowest BCUT2D eigenvalue weighted by atomic mass is 9.98. The van der Waals surface area contributed by atoms with E-state index in [0.29, 0.717) is 6.54 Å². The van der Waals surface area contributed by atoms with E-state index in [4.69, 9.17) is 21.6 Å². The average Bonchev–Trinajstić information content (AvgIpc) is 3.27. The molecule has 0 spiro atoms.